The van der Waals surface area contributed by atoms with Crippen molar-refractivity contribution in [3.8, 4) is 0 Å². The van der Waals surface area contributed by atoms with E-state index in [1.807, 2.05) is 0 Å². The molecule has 1 saturated heterocycles. The van der Waals surface area contributed by atoms with E-state index in [1.54, 1.807) is 9.80 Å². The van der Waals surface area contributed by atoms with Gasteiger partial charge in [0.1, 0.15) is 6.61 Å². The molecule has 214 valence electrons. The van der Waals surface area contributed by atoms with Crippen molar-refractivity contribution in [2.45, 2.75) is 50.2 Å². The zero-order chi connectivity index (χ0) is 28.4. The molecule has 0 unspecified atom stereocenters. The highest BCUT2D eigenvalue weighted by atomic mass is 35.5. The third kappa shape index (κ3) is 7.42. The highest BCUT2D eigenvalue weighted by Crippen LogP contribution is 2.38. The predicted octanol–water partition coefficient (Wildman–Crippen LogP) is 6.05. The van der Waals surface area contributed by atoms with Crippen molar-refractivity contribution >= 4 is 34.6 Å². The Labute approximate surface area is 227 Å². The Morgan fingerprint density at radius 2 is 1.56 bits per heavy atom. The summed E-state index contributed by atoms with van der Waals surface area (Å²) in [6, 6.07) is 7.53. The Kier molecular flexibility index (Phi) is 8.75. The minimum absolute atomic E-state index is 0.0240. The van der Waals surface area contributed by atoms with Gasteiger partial charge in [0.2, 0.25) is 5.91 Å². The minimum atomic E-state index is -4.55. The van der Waals surface area contributed by atoms with Gasteiger partial charge in [0, 0.05) is 49.3 Å². The van der Waals surface area contributed by atoms with Crippen LogP contribution in [-0.4, -0.2) is 55.7 Å². The second kappa shape index (κ2) is 11.7. The average molecular weight is 579 g/mol. The number of benzene rings is 2. The second-order valence-electron chi connectivity index (χ2n) is 9.76. The van der Waals surface area contributed by atoms with E-state index >= 15 is 0 Å². The number of hydrogen-bond acceptors (Lipinski definition) is 5. The zero-order valence-electron chi connectivity index (χ0n) is 20.9. The quantitative estimate of drug-likeness (QED) is 0.323. The zero-order valence-corrected chi connectivity index (χ0v) is 21.7. The van der Waals surface area contributed by atoms with Gasteiger partial charge in [-0.2, -0.15) is 26.3 Å². The lowest BCUT2D eigenvalue weighted by atomic mass is 9.92. The van der Waals surface area contributed by atoms with E-state index in [0.29, 0.717) is 63.2 Å². The van der Waals surface area contributed by atoms with Crippen LogP contribution < -0.4 is 16.0 Å². The number of piperazine rings is 1. The molecule has 3 N–H and O–H groups in total. The molecular formula is C26H29ClF6N4O2. The molecule has 4 rings (SSSR count). The first kappa shape index (κ1) is 29.1. The molecule has 1 heterocycles. The Hall–Kier alpha value is -2.86. The number of rotatable bonds is 6. The van der Waals surface area contributed by atoms with E-state index in [0.717, 1.165) is 12.1 Å². The molecule has 1 amide bonds. The van der Waals surface area contributed by atoms with Gasteiger partial charge in [-0.05, 0) is 62.1 Å². The van der Waals surface area contributed by atoms with Gasteiger partial charge in [0.05, 0.1) is 22.3 Å². The van der Waals surface area contributed by atoms with Crippen LogP contribution in [0.25, 0.3) is 0 Å². The summed E-state index contributed by atoms with van der Waals surface area (Å²) in [5.74, 6) is -0.191. The van der Waals surface area contributed by atoms with Crippen LogP contribution in [-0.2, 0) is 21.9 Å². The van der Waals surface area contributed by atoms with E-state index in [2.05, 4.69) is 5.32 Å². The van der Waals surface area contributed by atoms with E-state index in [4.69, 9.17) is 22.1 Å². The first-order valence-electron chi connectivity index (χ1n) is 12.6. The van der Waals surface area contributed by atoms with E-state index in [1.165, 1.54) is 24.3 Å². The van der Waals surface area contributed by atoms with Crippen LogP contribution in [0.4, 0.5) is 43.4 Å². The lowest BCUT2D eigenvalue weighted by Crippen LogP contribution is -2.50. The van der Waals surface area contributed by atoms with Crippen molar-refractivity contribution in [1.82, 2.24) is 4.90 Å². The molecule has 0 radical (unpaired) electrons. The fourth-order valence-electron chi connectivity index (χ4n) is 4.92. The maximum atomic E-state index is 13.2. The Balaban J connectivity index is 1.20. The molecule has 6 nitrogen and oxygen atoms in total. The van der Waals surface area contributed by atoms with Crippen molar-refractivity contribution < 1.29 is 35.9 Å². The summed E-state index contributed by atoms with van der Waals surface area (Å²) in [4.78, 5) is 16.1. The number of carbonyl (C=O) groups is 1. The predicted molar refractivity (Wildman–Crippen MR) is 137 cm³/mol. The van der Waals surface area contributed by atoms with Crippen LogP contribution >= 0.6 is 11.6 Å². The summed E-state index contributed by atoms with van der Waals surface area (Å²) in [5, 5.41) is 2.77. The molecule has 39 heavy (non-hydrogen) atoms. The van der Waals surface area contributed by atoms with Crippen LogP contribution in [0, 0.1) is 0 Å². The average Bonchev–Trinajstić information content (AvgIpc) is 2.88. The summed E-state index contributed by atoms with van der Waals surface area (Å²) in [7, 11) is 0. The van der Waals surface area contributed by atoms with Crippen molar-refractivity contribution in [3.05, 3.63) is 52.5 Å². The molecule has 1 saturated carbocycles. The van der Waals surface area contributed by atoms with E-state index < -0.39 is 23.5 Å². The lowest BCUT2D eigenvalue weighted by molar-refractivity contribution is -0.139. The number of alkyl halides is 6. The molecule has 2 aromatic carbocycles. The molecule has 2 aliphatic rings. The third-order valence-electron chi connectivity index (χ3n) is 7.10. The molecule has 0 atom stereocenters. The molecule has 0 spiro atoms. The highest BCUT2D eigenvalue weighted by molar-refractivity contribution is 6.31. The van der Waals surface area contributed by atoms with E-state index in [9.17, 15) is 31.1 Å². The summed E-state index contributed by atoms with van der Waals surface area (Å²) in [6.07, 6.45) is -6.58. The number of amides is 1. The maximum absolute atomic E-state index is 13.2. The lowest BCUT2D eigenvalue weighted by Gasteiger charge is -2.37. The number of ether oxygens (including phenoxy) is 1. The SMILES string of the molecule is Nc1ccc(NC2CCC(OCC(=O)N3CCN(c4ccc(Cl)c(C(F)(F)F)c4)CC3)CC2)cc1C(F)(F)F. The molecule has 2 aromatic rings. The summed E-state index contributed by atoms with van der Waals surface area (Å²) >= 11 is 5.70. The monoisotopic (exact) mass is 578 g/mol. The standard InChI is InChI=1S/C26H29ClF6N4O2/c27-22-7-4-18(14-20(22)25(28,29)30)36-9-11-37(12-10-36)24(38)15-39-19-5-1-16(2-6-19)35-17-3-8-23(34)21(13-17)26(31,32)33/h3-4,7-8,13-14,16,19,35H,1-2,5-6,9-12,15,34H2. The summed E-state index contributed by atoms with van der Waals surface area (Å²) < 4.78 is 84.7. The maximum Gasteiger partial charge on any atom is 0.418 e. The molecule has 2 fully saturated rings. The normalized spacial score (nSPS) is 20.7. The number of hydrogen-bond donors (Lipinski definition) is 2. The van der Waals surface area contributed by atoms with Crippen LogP contribution in [0.5, 0.6) is 0 Å². The van der Waals surface area contributed by atoms with Crippen LogP contribution in [0.15, 0.2) is 36.4 Å². The van der Waals surface area contributed by atoms with Crippen LogP contribution in [0.2, 0.25) is 5.02 Å². The van der Waals surface area contributed by atoms with Gasteiger partial charge in [-0.25, -0.2) is 0 Å². The number of nitrogens with two attached hydrogens (primary N) is 1. The molecule has 13 heteroatoms. The Morgan fingerprint density at radius 3 is 2.18 bits per heavy atom. The van der Waals surface area contributed by atoms with Gasteiger partial charge < -0.3 is 25.6 Å². The second-order valence-corrected chi connectivity index (χ2v) is 10.2. The fourth-order valence-corrected chi connectivity index (χ4v) is 5.15. The van der Waals surface area contributed by atoms with Gasteiger partial charge in [-0.1, -0.05) is 11.6 Å². The molecule has 0 aromatic heterocycles. The minimum Gasteiger partial charge on any atom is -0.398 e. The molecule has 0 bridgehead atoms. The van der Waals surface area contributed by atoms with Gasteiger partial charge in [-0.15, -0.1) is 0 Å². The summed E-state index contributed by atoms with van der Waals surface area (Å²) in [5.41, 5.74) is 4.12. The number of halogens is 7. The number of nitrogens with one attached hydrogen (secondary N) is 1. The van der Waals surface area contributed by atoms with Crippen molar-refractivity contribution in [1.29, 1.82) is 0 Å². The molecular weight excluding hydrogens is 550 g/mol. The third-order valence-corrected chi connectivity index (χ3v) is 7.43. The van der Waals surface area contributed by atoms with Crippen molar-refractivity contribution in [2.24, 2.45) is 0 Å². The topological polar surface area (TPSA) is 70.8 Å². The number of nitrogens with zero attached hydrogens (tertiary/aromatic N) is 2. The van der Waals surface area contributed by atoms with E-state index in [-0.39, 0.29) is 35.4 Å². The van der Waals surface area contributed by atoms with Crippen LogP contribution in [0.1, 0.15) is 36.8 Å². The first-order chi connectivity index (χ1) is 18.3. The fraction of sp³-hybridized carbons (Fsp3) is 0.500. The number of nitrogen functional groups attached to an aromatic ring is 1. The van der Waals surface area contributed by atoms with Gasteiger partial charge in [-0.3, -0.25) is 4.79 Å². The Morgan fingerprint density at radius 1 is 0.923 bits per heavy atom. The highest BCUT2D eigenvalue weighted by Gasteiger charge is 2.35. The van der Waals surface area contributed by atoms with Gasteiger partial charge >= 0.3 is 12.4 Å². The largest absolute Gasteiger partial charge is 0.418 e. The number of carbonyl (C=O) groups excluding carboxylic acids is 1. The van der Waals surface area contributed by atoms with Crippen molar-refractivity contribution in [3.63, 3.8) is 0 Å². The van der Waals surface area contributed by atoms with Crippen molar-refractivity contribution in [2.75, 3.05) is 48.7 Å². The summed E-state index contributed by atoms with van der Waals surface area (Å²) in [6.45, 7) is 1.36. The molecule has 1 aliphatic heterocycles. The smallest absolute Gasteiger partial charge is 0.398 e. The first-order valence-corrected chi connectivity index (χ1v) is 12.9. The number of anilines is 3. The Bertz CT molecular complexity index is 1160. The van der Waals surface area contributed by atoms with Crippen LogP contribution in [0.3, 0.4) is 0 Å². The van der Waals surface area contributed by atoms with Gasteiger partial charge in [0.25, 0.3) is 0 Å². The van der Waals surface area contributed by atoms with Gasteiger partial charge in [0.15, 0.2) is 0 Å². The molecule has 1 aliphatic carbocycles.